The molecule has 104 valence electrons. The van der Waals surface area contributed by atoms with Crippen molar-refractivity contribution >= 4 is 27.3 Å². The van der Waals surface area contributed by atoms with Gasteiger partial charge >= 0.3 is 0 Å². The molecular weight excluding hydrogens is 334 g/mol. The molecular formula is C13H9BrF2N2O2. The first-order valence-electron chi connectivity index (χ1n) is 5.59. The Bertz CT molecular complexity index is 665. The fraction of sp³-hybridized carbons (Fsp3) is 0.0769. The van der Waals surface area contributed by atoms with Gasteiger partial charge in [0, 0.05) is 23.2 Å². The molecule has 0 bridgehead atoms. The lowest BCUT2D eigenvalue weighted by molar-refractivity contribution is -0.384. The minimum absolute atomic E-state index is 0.0752. The monoisotopic (exact) mass is 342 g/mol. The first kappa shape index (κ1) is 14.4. The van der Waals surface area contributed by atoms with E-state index in [9.17, 15) is 18.9 Å². The number of nitrogens with one attached hydrogen (secondary N) is 1. The van der Waals surface area contributed by atoms with Gasteiger partial charge in [-0.3, -0.25) is 10.1 Å². The predicted octanol–water partition coefficient (Wildman–Crippen LogP) is 4.25. The van der Waals surface area contributed by atoms with E-state index in [2.05, 4.69) is 21.2 Å². The molecule has 0 heterocycles. The third kappa shape index (κ3) is 3.30. The fourth-order valence-electron chi connectivity index (χ4n) is 1.66. The maximum Gasteiger partial charge on any atom is 0.292 e. The third-order valence-corrected chi connectivity index (χ3v) is 3.38. The highest BCUT2D eigenvalue weighted by Crippen LogP contribution is 2.26. The van der Waals surface area contributed by atoms with Crippen molar-refractivity contribution in [2.45, 2.75) is 6.54 Å². The number of nitro benzene ring substituents is 1. The molecule has 7 heteroatoms. The molecule has 0 atom stereocenters. The van der Waals surface area contributed by atoms with Crippen LogP contribution in [0.15, 0.2) is 40.9 Å². The highest BCUT2D eigenvalue weighted by atomic mass is 79.9. The van der Waals surface area contributed by atoms with E-state index in [0.29, 0.717) is 10.0 Å². The van der Waals surface area contributed by atoms with Crippen molar-refractivity contribution in [3.8, 4) is 0 Å². The van der Waals surface area contributed by atoms with Gasteiger partial charge in [-0.2, -0.15) is 0 Å². The van der Waals surface area contributed by atoms with Gasteiger partial charge in [-0.05, 0) is 23.8 Å². The number of hydrogen-bond acceptors (Lipinski definition) is 3. The van der Waals surface area contributed by atoms with Gasteiger partial charge in [0.1, 0.15) is 17.3 Å². The van der Waals surface area contributed by atoms with Crippen LogP contribution in [0.3, 0.4) is 0 Å². The minimum atomic E-state index is -0.596. The molecule has 2 aromatic rings. The van der Waals surface area contributed by atoms with E-state index in [1.165, 1.54) is 18.2 Å². The second kappa shape index (κ2) is 5.96. The normalized spacial score (nSPS) is 10.3. The number of anilines is 1. The SMILES string of the molecule is O=[N+]([O-])c1ccc(F)cc1NCc1ccc(F)cc1Br. The first-order valence-corrected chi connectivity index (χ1v) is 6.38. The van der Waals surface area contributed by atoms with Crippen LogP contribution in [0.25, 0.3) is 0 Å². The zero-order chi connectivity index (χ0) is 14.7. The Balaban J connectivity index is 2.22. The van der Waals surface area contributed by atoms with E-state index >= 15 is 0 Å². The Labute approximate surface area is 121 Å². The molecule has 2 rings (SSSR count). The average Bonchev–Trinajstić information content (AvgIpc) is 2.37. The van der Waals surface area contributed by atoms with E-state index in [1.807, 2.05) is 0 Å². The van der Waals surface area contributed by atoms with Gasteiger partial charge < -0.3 is 5.32 Å². The number of halogens is 3. The number of nitrogens with zero attached hydrogens (tertiary/aromatic N) is 1. The highest BCUT2D eigenvalue weighted by Gasteiger charge is 2.14. The molecule has 0 aromatic heterocycles. The van der Waals surface area contributed by atoms with Gasteiger partial charge in [-0.1, -0.05) is 22.0 Å². The minimum Gasteiger partial charge on any atom is -0.375 e. The molecule has 0 fully saturated rings. The molecule has 0 saturated heterocycles. The summed E-state index contributed by atoms with van der Waals surface area (Å²) in [6, 6.07) is 7.28. The molecule has 0 aliphatic rings. The maximum atomic E-state index is 13.1. The van der Waals surface area contributed by atoms with Crippen LogP contribution in [0.2, 0.25) is 0 Å². The van der Waals surface area contributed by atoms with Crippen molar-refractivity contribution in [1.29, 1.82) is 0 Å². The predicted molar refractivity (Wildman–Crippen MR) is 74.5 cm³/mol. The smallest absolute Gasteiger partial charge is 0.292 e. The summed E-state index contributed by atoms with van der Waals surface area (Å²) < 4.78 is 26.6. The summed E-state index contributed by atoms with van der Waals surface area (Å²) in [7, 11) is 0. The van der Waals surface area contributed by atoms with Gasteiger partial charge in [0.05, 0.1) is 4.92 Å². The molecule has 0 amide bonds. The summed E-state index contributed by atoms with van der Waals surface area (Å²) >= 11 is 3.19. The summed E-state index contributed by atoms with van der Waals surface area (Å²) in [6.07, 6.45) is 0. The molecule has 0 aliphatic carbocycles. The van der Waals surface area contributed by atoms with Crippen LogP contribution >= 0.6 is 15.9 Å². The molecule has 0 radical (unpaired) electrons. The molecule has 0 aliphatic heterocycles. The number of nitro groups is 1. The van der Waals surface area contributed by atoms with Gasteiger partial charge in [0.25, 0.3) is 5.69 Å². The molecule has 4 nitrogen and oxygen atoms in total. The van der Waals surface area contributed by atoms with E-state index < -0.39 is 16.6 Å². The standard InChI is InChI=1S/C13H9BrF2N2O2/c14-11-5-9(15)2-1-8(11)7-17-12-6-10(16)3-4-13(12)18(19)20/h1-6,17H,7H2. The quantitative estimate of drug-likeness (QED) is 0.667. The summed E-state index contributed by atoms with van der Waals surface area (Å²) in [5.41, 5.74) is 0.556. The van der Waals surface area contributed by atoms with Gasteiger partial charge in [0.15, 0.2) is 0 Å². The zero-order valence-electron chi connectivity index (χ0n) is 10.1. The van der Waals surface area contributed by atoms with Crippen LogP contribution in [0.4, 0.5) is 20.2 Å². The molecule has 2 aromatic carbocycles. The lowest BCUT2D eigenvalue weighted by atomic mass is 10.2. The van der Waals surface area contributed by atoms with Crippen molar-refractivity contribution < 1.29 is 13.7 Å². The molecule has 20 heavy (non-hydrogen) atoms. The largest absolute Gasteiger partial charge is 0.375 e. The van der Waals surface area contributed by atoms with Crippen molar-refractivity contribution in [3.63, 3.8) is 0 Å². The Kier molecular flexibility index (Phi) is 4.29. The fourth-order valence-corrected chi connectivity index (χ4v) is 2.16. The molecule has 1 N–H and O–H groups in total. The Morgan fingerprint density at radius 2 is 1.80 bits per heavy atom. The van der Waals surface area contributed by atoms with Crippen LogP contribution in [-0.2, 0) is 6.54 Å². The molecule has 0 spiro atoms. The van der Waals surface area contributed by atoms with Gasteiger partial charge in [-0.25, -0.2) is 8.78 Å². The van der Waals surface area contributed by atoms with E-state index in [1.54, 1.807) is 0 Å². The third-order valence-electron chi connectivity index (χ3n) is 2.64. The lowest BCUT2D eigenvalue weighted by Crippen LogP contribution is -2.04. The maximum absolute atomic E-state index is 13.1. The van der Waals surface area contributed by atoms with Crippen molar-refractivity contribution in [2.24, 2.45) is 0 Å². The Hall–Kier alpha value is -2.02. The summed E-state index contributed by atoms with van der Waals surface area (Å²) in [6.45, 7) is 0.200. The first-order chi connectivity index (χ1) is 9.47. The van der Waals surface area contributed by atoms with Crippen LogP contribution in [-0.4, -0.2) is 4.92 Å². The van der Waals surface area contributed by atoms with E-state index in [4.69, 9.17) is 0 Å². The van der Waals surface area contributed by atoms with Crippen molar-refractivity contribution in [2.75, 3.05) is 5.32 Å². The average molecular weight is 343 g/mol. The molecule has 0 saturated carbocycles. The van der Waals surface area contributed by atoms with Gasteiger partial charge in [-0.15, -0.1) is 0 Å². The number of benzene rings is 2. The number of hydrogen-bond donors (Lipinski definition) is 1. The van der Waals surface area contributed by atoms with E-state index in [-0.39, 0.29) is 17.9 Å². The summed E-state index contributed by atoms with van der Waals surface area (Å²) in [4.78, 5) is 10.2. The lowest BCUT2D eigenvalue weighted by Gasteiger charge is -2.09. The van der Waals surface area contributed by atoms with Gasteiger partial charge in [0.2, 0.25) is 0 Å². The summed E-state index contributed by atoms with van der Waals surface area (Å²) in [5.74, 6) is -0.964. The topological polar surface area (TPSA) is 55.2 Å². The van der Waals surface area contributed by atoms with Crippen LogP contribution in [0.1, 0.15) is 5.56 Å². The van der Waals surface area contributed by atoms with E-state index in [0.717, 1.165) is 18.2 Å². The van der Waals surface area contributed by atoms with Crippen LogP contribution in [0.5, 0.6) is 0 Å². The Morgan fingerprint density at radius 3 is 2.45 bits per heavy atom. The highest BCUT2D eigenvalue weighted by molar-refractivity contribution is 9.10. The number of rotatable bonds is 4. The Morgan fingerprint density at radius 1 is 1.15 bits per heavy atom. The van der Waals surface area contributed by atoms with Crippen LogP contribution < -0.4 is 5.32 Å². The van der Waals surface area contributed by atoms with Crippen molar-refractivity contribution in [1.82, 2.24) is 0 Å². The summed E-state index contributed by atoms with van der Waals surface area (Å²) in [5, 5.41) is 13.6. The zero-order valence-corrected chi connectivity index (χ0v) is 11.7. The van der Waals surface area contributed by atoms with Crippen LogP contribution in [0, 0.1) is 21.7 Å². The second-order valence-electron chi connectivity index (χ2n) is 4.01. The second-order valence-corrected chi connectivity index (χ2v) is 4.86. The molecule has 0 unspecified atom stereocenters. The van der Waals surface area contributed by atoms with Crippen molar-refractivity contribution in [3.05, 3.63) is 68.2 Å².